The van der Waals surface area contributed by atoms with Crippen molar-refractivity contribution in [3.05, 3.63) is 0 Å². The van der Waals surface area contributed by atoms with E-state index in [2.05, 4.69) is 40.9 Å². The fraction of sp³-hybridized carbons (Fsp3) is 0.780. The molecule has 1 saturated heterocycles. The number of carbonyl (C=O) groups is 9. The number of amides is 9. The molecule has 0 radical (unpaired) electrons. The number of nitrogens with one attached hydrogen (secondary N) is 6. The van der Waals surface area contributed by atoms with Gasteiger partial charge in [0, 0.05) is 98.6 Å². The third-order valence-electron chi connectivity index (χ3n) is 11.0. The van der Waals surface area contributed by atoms with E-state index >= 15 is 0 Å². The highest BCUT2D eigenvalue weighted by molar-refractivity contribution is 8.00. The van der Waals surface area contributed by atoms with E-state index in [1.165, 1.54) is 4.90 Å². The lowest BCUT2D eigenvalue weighted by Crippen LogP contribution is -2.45. The van der Waals surface area contributed by atoms with E-state index in [1.54, 1.807) is 6.92 Å². The van der Waals surface area contributed by atoms with E-state index in [1.807, 2.05) is 0 Å². The molecule has 0 aromatic carbocycles. The van der Waals surface area contributed by atoms with Gasteiger partial charge in [0.2, 0.25) is 53.2 Å². The molecule has 2 fully saturated rings. The Labute approximate surface area is 417 Å². The van der Waals surface area contributed by atoms with Gasteiger partial charge in [-0.15, -0.1) is 21.5 Å². The van der Waals surface area contributed by atoms with Gasteiger partial charge in [0.15, 0.2) is 0 Å². The molecule has 0 aromatic rings. The molecular weight excluding hydrogens is 1000 g/mol. The number of ether oxygens (including phenoxy) is 2. The number of unbranched alkanes of at least 4 members (excludes halogenated alkanes) is 1. The number of nitrogens with two attached hydrogens (primary N) is 2. The standard InChI is InChI=1S/C41H69N9O18P2S/c1-2-44-32(51)11-12-33(52)45-18-20-65-22-23-66-21-19-46-34(53)13-14-35(54)49-30(37(43)56)6-3-4-16-48-39(58)29(42)26-71-31-24-36(55)50(40(31)59)25-27-7-9-28(10-8-27)38(57)47-17-5-15-41(60,67-69(61)62)68-70(63)64/h27-31,60H,2-26,42H2,1H3,(H8-2,43,44,45,46,47,48,49,51,52,53,54,56,57,58,61,62,63,64)/p+2/t27?,28?,29-,30+,31?/m1/s1. The Hall–Kier alpha value is -4.34. The average Bonchev–Trinajstić information content (AvgIpc) is 3.57. The van der Waals surface area contributed by atoms with Crippen molar-refractivity contribution >= 4 is 81.4 Å². The van der Waals surface area contributed by atoms with Crippen molar-refractivity contribution in [1.82, 2.24) is 36.8 Å². The smallest absolute Gasteiger partial charge is 0.377 e. The van der Waals surface area contributed by atoms with Gasteiger partial charge in [0.1, 0.15) is 6.04 Å². The zero-order valence-corrected chi connectivity index (χ0v) is 42.5. The molecule has 27 nitrogen and oxygen atoms in total. The van der Waals surface area contributed by atoms with Crippen molar-refractivity contribution in [2.45, 2.75) is 120 Å². The molecule has 0 spiro atoms. The first kappa shape index (κ1) is 62.8. The van der Waals surface area contributed by atoms with Crippen molar-refractivity contribution < 1.29 is 85.7 Å². The summed E-state index contributed by atoms with van der Waals surface area (Å²) < 4.78 is 41.2. The van der Waals surface area contributed by atoms with Crippen LogP contribution in [-0.2, 0) is 70.8 Å². The fourth-order valence-electron chi connectivity index (χ4n) is 7.29. The third-order valence-corrected chi connectivity index (χ3v) is 13.2. The number of hydrogen-bond donors (Lipinski definition) is 11. The average molecular weight is 1070 g/mol. The zero-order valence-electron chi connectivity index (χ0n) is 39.9. The second-order valence-electron chi connectivity index (χ2n) is 16.6. The summed E-state index contributed by atoms with van der Waals surface area (Å²) in [6, 6.07) is -1.97. The van der Waals surface area contributed by atoms with Gasteiger partial charge in [0.25, 0.3) is 0 Å². The number of nitrogens with zero attached hydrogens (tertiary/aromatic N) is 1. The van der Waals surface area contributed by atoms with Crippen LogP contribution >= 0.6 is 28.3 Å². The minimum absolute atomic E-state index is 0.00574. The maximum absolute atomic E-state index is 13.2. The van der Waals surface area contributed by atoms with Gasteiger partial charge in [-0.25, -0.2) is 0 Å². The first-order chi connectivity index (χ1) is 33.7. The quantitative estimate of drug-likeness (QED) is 0.0139. The van der Waals surface area contributed by atoms with E-state index in [4.69, 9.17) is 30.7 Å². The number of carbonyl (C=O) groups excluding carboxylic acids is 9. The molecule has 0 bridgehead atoms. The predicted molar refractivity (Wildman–Crippen MR) is 253 cm³/mol. The molecule has 1 aliphatic carbocycles. The highest BCUT2D eigenvalue weighted by Crippen LogP contribution is 2.36. The van der Waals surface area contributed by atoms with Gasteiger partial charge < -0.3 is 57.9 Å². The summed E-state index contributed by atoms with van der Waals surface area (Å²) in [6.45, 7) is 4.17. The van der Waals surface area contributed by atoms with Gasteiger partial charge >= 0.3 is 22.5 Å². The first-order valence-electron chi connectivity index (χ1n) is 23.5. The molecule has 2 rings (SSSR count). The van der Waals surface area contributed by atoms with Gasteiger partial charge in [-0.2, -0.15) is 0 Å². The Morgan fingerprint density at radius 2 is 1.31 bits per heavy atom. The molecule has 5 atom stereocenters. The van der Waals surface area contributed by atoms with E-state index in [0.29, 0.717) is 45.1 Å². The second kappa shape index (κ2) is 34.9. The minimum Gasteiger partial charge on any atom is -0.377 e. The molecule has 71 heavy (non-hydrogen) atoms. The SMILES string of the molecule is CCNC(=O)CCC(=O)NCCOCCOCCNC(=O)CCC(=O)N[C@@H](CCCCNC(=O)[C@H](N)CSC1CC(=O)N(CC2CCC(C(=O)NCCCC(O)(O[P+](=O)O)O[P+](=O)O)CC2)C1=O)C(N)=O. The lowest BCUT2D eigenvalue weighted by molar-refractivity contribution is -0.277. The maximum Gasteiger partial charge on any atom is 0.700 e. The van der Waals surface area contributed by atoms with Gasteiger partial charge in [-0.1, -0.05) is 0 Å². The van der Waals surface area contributed by atoms with Crippen LogP contribution in [0.3, 0.4) is 0 Å². The third kappa shape index (κ3) is 27.3. The molecule has 30 heteroatoms. The molecule has 1 heterocycles. The summed E-state index contributed by atoms with van der Waals surface area (Å²) in [5.74, 6) is -6.69. The molecule has 402 valence electrons. The Morgan fingerprint density at radius 1 is 0.761 bits per heavy atom. The van der Waals surface area contributed by atoms with Crippen LogP contribution in [0.15, 0.2) is 0 Å². The molecule has 3 unspecified atom stereocenters. The number of aliphatic hydroxyl groups is 1. The summed E-state index contributed by atoms with van der Waals surface area (Å²) in [5.41, 5.74) is 11.6. The van der Waals surface area contributed by atoms with E-state index < -0.39 is 69.9 Å². The number of hydrogen-bond acceptors (Lipinski definition) is 18. The maximum atomic E-state index is 13.2. The molecule has 1 aliphatic heterocycles. The van der Waals surface area contributed by atoms with E-state index in [-0.39, 0.29) is 151 Å². The monoisotopic (exact) mass is 1070 g/mol. The van der Waals surface area contributed by atoms with Crippen LogP contribution < -0.4 is 43.4 Å². The number of imide groups is 1. The summed E-state index contributed by atoms with van der Waals surface area (Å²) in [7, 11) is -6.71. The summed E-state index contributed by atoms with van der Waals surface area (Å²) >= 11 is 1.11. The minimum atomic E-state index is -3.35. The summed E-state index contributed by atoms with van der Waals surface area (Å²) in [5, 5.41) is 25.1. The Bertz CT molecular complexity index is 1800. The molecule has 13 N–H and O–H groups in total. The van der Waals surface area contributed by atoms with Crippen molar-refractivity contribution in [1.29, 1.82) is 0 Å². The topological polar surface area (TPSA) is 413 Å². The van der Waals surface area contributed by atoms with Crippen LogP contribution in [0.25, 0.3) is 0 Å². The summed E-state index contributed by atoms with van der Waals surface area (Å²) in [6.07, 6.45) is 2.46. The fourth-order valence-corrected chi connectivity index (χ4v) is 9.21. The Morgan fingerprint density at radius 3 is 1.86 bits per heavy atom. The number of thioether (sulfide) groups is 1. The Kier molecular flexibility index (Phi) is 30.9. The second-order valence-corrected chi connectivity index (χ2v) is 19.2. The van der Waals surface area contributed by atoms with Crippen LogP contribution in [-0.4, -0.2) is 168 Å². The van der Waals surface area contributed by atoms with Crippen molar-refractivity contribution in [3.8, 4) is 0 Å². The highest BCUT2D eigenvalue weighted by atomic mass is 32.2. The highest BCUT2D eigenvalue weighted by Gasteiger charge is 2.47. The predicted octanol–water partition coefficient (Wildman–Crippen LogP) is -1.93. The molecular formula is C41H71N9O18P2S+2. The van der Waals surface area contributed by atoms with Gasteiger partial charge in [0.05, 0.1) is 37.7 Å². The van der Waals surface area contributed by atoms with Crippen molar-refractivity contribution in [2.24, 2.45) is 23.3 Å². The Balaban J connectivity index is 1.55. The normalized spacial score (nSPS) is 18.9. The van der Waals surface area contributed by atoms with Gasteiger partial charge in [-0.3, -0.25) is 48.1 Å². The zero-order chi connectivity index (χ0) is 52.8. The molecule has 0 aromatic heterocycles. The van der Waals surface area contributed by atoms with Crippen molar-refractivity contribution in [3.63, 3.8) is 0 Å². The lowest BCUT2D eigenvalue weighted by Gasteiger charge is -2.30. The summed E-state index contributed by atoms with van der Waals surface area (Å²) in [4.78, 5) is 130. The van der Waals surface area contributed by atoms with Crippen LogP contribution in [0.5, 0.6) is 0 Å². The van der Waals surface area contributed by atoms with Crippen LogP contribution in [0.2, 0.25) is 0 Å². The first-order valence-corrected chi connectivity index (χ1v) is 26.8. The van der Waals surface area contributed by atoms with E-state index in [0.717, 1.165) is 11.8 Å². The van der Waals surface area contributed by atoms with Crippen LogP contribution in [0, 0.1) is 11.8 Å². The molecule has 1 saturated carbocycles. The number of rotatable bonds is 38. The van der Waals surface area contributed by atoms with Gasteiger partial charge in [-0.05, 0) is 73.3 Å². The molecule has 2 aliphatic rings. The van der Waals surface area contributed by atoms with Crippen LogP contribution in [0.1, 0.15) is 96.8 Å². The van der Waals surface area contributed by atoms with E-state index in [9.17, 15) is 57.4 Å². The van der Waals surface area contributed by atoms with Crippen LogP contribution in [0.4, 0.5) is 0 Å². The van der Waals surface area contributed by atoms with Crippen molar-refractivity contribution in [2.75, 3.05) is 71.4 Å². The lowest BCUT2D eigenvalue weighted by atomic mass is 9.81. The molecule has 9 amide bonds. The largest absolute Gasteiger partial charge is 0.700 e. The number of likely N-dealkylation sites (tertiary alicyclic amines) is 1. The number of primary amides is 1.